The number of hydrogen-bond acceptors (Lipinski definition) is 2. The van der Waals surface area contributed by atoms with Gasteiger partial charge in [-0.15, -0.1) is 0 Å². The van der Waals surface area contributed by atoms with Crippen LogP contribution in [-0.2, 0) is 4.74 Å². The van der Waals surface area contributed by atoms with Crippen LogP contribution in [0.2, 0.25) is 0 Å². The average molecular weight is 165 g/mol. The van der Waals surface area contributed by atoms with Crippen LogP contribution in [0.1, 0.15) is 18.5 Å². The lowest BCUT2D eigenvalue weighted by Crippen LogP contribution is -2.16. The smallest absolute Gasteiger partial charge is 0.0659 e. The van der Waals surface area contributed by atoms with E-state index in [1.807, 2.05) is 37.3 Å². The van der Waals surface area contributed by atoms with E-state index in [2.05, 4.69) is 0 Å². The molecule has 2 N–H and O–H groups in total. The predicted octanol–water partition coefficient (Wildman–Crippen LogP) is 1.72. The summed E-state index contributed by atoms with van der Waals surface area (Å²) in [5.41, 5.74) is 6.99. The highest BCUT2D eigenvalue weighted by molar-refractivity contribution is 5.18. The summed E-state index contributed by atoms with van der Waals surface area (Å²) in [5.74, 6) is 0. The third-order valence-corrected chi connectivity index (χ3v) is 1.73. The molecular formula is C10H15NO. The van der Waals surface area contributed by atoms with Crippen molar-refractivity contribution in [2.24, 2.45) is 5.73 Å². The van der Waals surface area contributed by atoms with Crippen molar-refractivity contribution in [3.8, 4) is 0 Å². The topological polar surface area (TPSA) is 35.2 Å². The number of benzene rings is 1. The Kier molecular flexibility index (Phi) is 3.77. The minimum Gasteiger partial charge on any atom is -0.380 e. The van der Waals surface area contributed by atoms with Gasteiger partial charge in [0, 0.05) is 6.61 Å². The Labute approximate surface area is 73.3 Å². The zero-order chi connectivity index (χ0) is 8.81. The fraction of sp³-hybridized carbons (Fsp3) is 0.400. The zero-order valence-corrected chi connectivity index (χ0v) is 7.36. The molecule has 0 bridgehead atoms. The second-order valence-electron chi connectivity index (χ2n) is 2.68. The molecule has 0 aliphatic carbocycles. The highest BCUT2D eigenvalue weighted by atomic mass is 16.5. The molecule has 0 aliphatic heterocycles. The van der Waals surface area contributed by atoms with Crippen LogP contribution < -0.4 is 5.73 Å². The van der Waals surface area contributed by atoms with Crippen molar-refractivity contribution in [3.63, 3.8) is 0 Å². The molecule has 1 rings (SSSR count). The first kappa shape index (κ1) is 9.23. The van der Waals surface area contributed by atoms with E-state index < -0.39 is 0 Å². The first-order valence-electron chi connectivity index (χ1n) is 4.23. The predicted molar refractivity (Wildman–Crippen MR) is 49.9 cm³/mol. The summed E-state index contributed by atoms with van der Waals surface area (Å²) in [7, 11) is 0. The molecule has 12 heavy (non-hydrogen) atoms. The van der Waals surface area contributed by atoms with Crippen molar-refractivity contribution in [1.29, 1.82) is 0 Å². The molecule has 1 aromatic rings. The van der Waals surface area contributed by atoms with E-state index in [4.69, 9.17) is 10.5 Å². The van der Waals surface area contributed by atoms with Crippen molar-refractivity contribution < 1.29 is 4.74 Å². The van der Waals surface area contributed by atoms with Crippen LogP contribution in [0.15, 0.2) is 30.3 Å². The van der Waals surface area contributed by atoms with Crippen molar-refractivity contribution in [2.45, 2.75) is 13.0 Å². The second-order valence-corrected chi connectivity index (χ2v) is 2.68. The molecule has 0 aromatic heterocycles. The molecule has 0 radical (unpaired) electrons. The van der Waals surface area contributed by atoms with Crippen LogP contribution in [0.4, 0.5) is 0 Å². The van der Waals surface area contributed by atoms with Crippen LogP contribution >= 0.6 is 0 Å². The molecular weight excluding hydrogens is 150 g/mol. The summed E-state index contributed by atoms with van der Waals surface area (Å²) < 4.78 is 5.22. The third kappa shape index (κ3) is 2.64. The molecule has 0 amide bonds. The molecule has 0 saturated heterocycles. The SMILES string of the molecule is CCOC[C@@H](N)c1ccccc1. The van der Waals surface area contributed by atoms with Gasteiger partial charge in [-0.3, -0.25) is 0 Å². The number of hydrogen-bond donors (Lipinski definition) is 1. The van der Waals surface area contributed by atoms with E-state index in [1.54, 1.807) is 0 Å². The van der Waals surface area contributed by atoms with Gasteiger partial charge in [0.15, 0.2) is 0 Å². The van der Waals surface area contributed by atoms with Gasteiger partial charge in [0.1, 0.15) is 0 Å². The number of ether oxygens (including phenoxy) is 1. The van der Waals surface area contributed by atoms with Gasteiger partial charge in [-0.2, -0.15) is 0 Å². The van der Waals surface area contributed by atoms with Crippen LogP contribution in [0.25, 0.3) is 0 Å². The highest BCUT2D eigenvalue weighted by Crippen LogP contribution is 2.08. The van der Waals surface area contributed by atoms with Gasteiger partial charge >= 0.3 is 0 Å². The van der Waals surface area contributed by atoms with Crippen molar-refractivity contribution in [1.82, 2.24) is 0 Å². The molecule has 0 unspecified atom stereocenters. The summed E-state index contributed by atoms with van der Waals surface area (Å²) in [4.78, 5) is 0. The molecule has 0 saturated carbocycles. The van der Waals surface area contributed by atoms with Crippen LogP contribution in [0.5, 0.6) is 0 Å². The van der Waals surface area contributed by atoms with E-state index in [1.165, 1.54) is 0 Å². The first-order valence-corrected chi connectivity index (χ1v) is 4.23. The minimum absolute atomic E-state index is 0.00569. The fourth-order valence-electron chi connectivity index (χ4n) is 1.04. The summed E-state index contributed by atoms with van der Waals surface area (Å²) in [5, 5.41) is 0. The maximum Gasteiger partial charge on any atom is 0.0659 e. The Morgan fingerprint density at radius 2 is 2.00 bits per heavy atom. The Hall–Kier alpha value is -0.860. The molecule has 0 fully saturated rings. The van der Waals surface area contributed by atoms with Crippen molar-refractivity contribution >= 4 is 0 Å². The summed E-state index contributed by atoms with van der Waals surface area (Å²) in [6.45, 7) is 3.29. The van der Waals surface area contributed by atoms with E-state index in [0.717, 1.165) is 12.2 Å². The largest absolute Gasteiger partial charge is 0.380 e. The average Bonchev–Trinajstić information content (AvgIpc) is 2.15. The lowest BCUT2D eigenvalue weighted by molar-refractivity contribution is 0.133. The van der Waals surface area contributed by atoms with Crippen LogP contribution in [0, 0.1) is 0 Å². The third-order valence-electron chi connectivity index (χ3n) is 1.73. The highest BCUT2D eigenvalue weighted by Gasteiger charge is 2.03. The van der Waals surface area contributed by atoms with Gasteiger partial charge in [0.2, 0.25) is 0 Å². The molecule has 0 spiro atoms. The van der Waals surface area contributed by atoms with Crippen LogP contribution in [0.3, 0.4) is 0 Å². The minimum atomic E-state index is 0.00569. The molecule has 2 nitrogen and oxygen atoms in total. The van der Waals surface area contributed by atoms with E-state index in [-0.39, 0.29) is 6.04 Å². The van der Waals surface area contributed by atoms with Crippen LogP contribution in [-0.4, -0.2) is 13.2 Å². The Balaban J connectivity index is 2.48. The van der Waals surface area contributed by atoms with Gasteiger partial charge in [0.25, 0.3) is 0 Å². The quantitative estimate of drug-likeness (QED) is 0.737. The molecule has 1 aromatic carbocycles. The summed E-state index contributed by atoms with van der Waals surface area (Å²) in [6, 6.07) is 10.00. The van der Waals surface area contributed by atoms with Gasteiger partial charge in [-0.05, 0) is 12.5 Å². The van der Waals surface area contributed by atoms with Gasteiger partial charge in [-0.1, -0.05) is 30.3 Å². The lowest BCUT2D eigenvalue weighted by Gasteiger charge is -2.10. The fourth-order valence-corrected chi connectivity index (χ4v) is 1.04. The maximum atomic E-state index is 5.86. The summed E-state index contributed by atoms with van der Waals surface area (Å²) >= 11 is 0. The number of rotatable bonds is 4. The van der Waals surface area contributed by atoms with E-state index in [9.17, 15) is 0 Å². The molecule has 2 heteroatoms. The Morgan fingerprint density at radius 3 is 2.58 bits per heavy atom. The number of nitrogens with two attached hydrogens (primary N) is 1. The standard InChI is InChI=1S/C10H15NO/c1-2-12-8-10(11)9-6-4-3-5-7-9/h3-7,10H,2,8,11H2,1H3/t10-/m1/s1. The molecule has 1 atom stereocenters. The normalized spacial score (nSPS) is 12.8. The van der Waals surface area contributed by atoms with Crippen molar-refractivity contribution in [3.05, 3.63) is 35.9 Å². The monoisotopic (exact) mass is 165 g/mol. The Bertz CT molecular complexity index is 210. The van der Waals surface area contributed by atoms with Gasteiger partial charge in [0.05, 0.1) is 12.6 Å². The van der Waals surface area contributed by atoms with Gasteiger partial charge in [-0.25, -0.2) is 0 Å². The summed E-state index contributed by atoms with van der Waals surface area (Å²) in [6.07, 6.45) is 0. The second kappa shape index (κ2) is 4.91. The lowest BCUT2D eigenvalue weighted by atomic mass is 10.1. The zero-order valence-electron chi connectivity index (χ0n) is 7.36. The molecule has 0 aliphatic rings. The maximum absolute atomic E-state index is 5.86. The van der Waals surface area contributed by atoms with E-state index in [0.29, 0.717) is 6.61 Å². The van der Waals surface area contributed by atoms with E-state index >= 15 is 0 Å². The molecule has 0 heterocycles. The molecule has 66 valence electrons. The van der Waals surface area contributed by atoms with Crippen molar-refractivity contribution in [2.75, 3.05) is 13.2 Å². The Morgan fingerprint density at radius 1 is 1.33 bits per heavy atom. The van der Waals surface area contributed by atoms with Gasteiger partial charge < -0.3 is 10.5 Å². The first-order chi connectivity index (χ1) is 5.84.